The molecule has 0 unspecified atom stereocenters. The molecule has 0 saturated carbocycles. The van der Waals surface area contributed by atoms with E-state index in [2.05, 4.69) is 10.4 Å². The summed E-state index contributed by atoms with van der Waals surface area (Å²) in [6.07, 6.45) is -5.01. The maximum atomic E-state index is 13.6. The van der Waals surface area contributed by atoms with E-state index in [0.29, 0.717) is 11.1 Å². The Morgan fingerprint density at radius 3 is 2.61 bits per heavy atom. The van der Waals surface area contributed by atoms with Crippen molar-refractivity contribution in [2.24, 2.45) is 7.05 Å². The second kappa shape index (κ2) is 7.51. The van der Waals surface area contributed by atoms with Gasteiger partial charge in [-0.3, -0.25) is 10.00 Å². The first kappa shape index (κ1) is 19.7. The van der Waals surface area contributed by atoms with Crippen molar-refractivity contribution in [3.63, 3.8) is 0 Å². The summed E-state index contributed by atoms with van der Waals surface area (Å²) in [7, 11) is 1.27. The van der Waals surface area contributed by atoms with Crippen LogP contribution in [0.5, 0.6) is 5.75 Å². The minimum absolute atomic E-state index is 0.151. The topological polar surface area (TPSA) is 56.1 Å². The number of alkyl halides is 3. The number of hydrogen-bond donors (Lipinski definition) is 1. The van der Waals surface area contributed by atoms with Gasteiger partial charge in [0.2, 0.25) is 5.69 Å². The average Bonchev–Trinajstić information content (AvgIpc) is 2.95. The van der Waals surface area contributed by atoms with Gasteiger partial charge in [-0.25, -0.2) is 9.18 Å². The van der Waals surface area contributed by atoms with Crippen molar-refractivity contribution in [3.8, 4) is 16.9 Å². The van der Waals surface area contributed by atoms with E-state index >= 15 is 0 Å². The summed E-state index contributed by atoms with van der Waals surface area (Å²) in [4.78, 5) is 12.1. The SMILES string of the molecule is Cn1cc(OC(=O)Nc2ccccc2-c2cc(F)cc(Cl)c2)c(C(F)(F)F)n1. The number of nitrogens with one attached hydrogen (secondary N) is 1. The Balaban J connectivity index is 1.87. The highest BCUT2D eigenvalue weighted by molar-refractivity contribution is 6.30. The third-order valence-electron chi connectivity index (χ3n) is 3.60. The molecule has 5 nitrogen and oxygen atoms in total. The molecule has 0 bridgehead atoms. The number of carbonyl (C=O) groups excluding carboxylic acids is 1. The van der Waals surface area contributed by atoms with Crippen LogP contribution < -0.4 is 10.1 Å². The van der Waals surface area contributed by atoms with E-state index in [1.807, 2.05) is 0 Å². The molecule has 0 atom stereocenters. The third-order valence-corrected chi connectivity index (χ3v) is 3.82. The van der Waals surface area contributed by atoms with Crippen molar-refractivity contribution in [1.29, 1.82) is 0 Å². The quantitative estimate of drug-likeness (QED) is 0.576. The first-order valence-electron chi connectivity index (χ1n) is 7.78. The molecule has 1 N–H and O–H groups in total. The Kier molecular flexibility index (Phi) is 5.28. The highest BCUT2D eigenvalue weighted by Gasteiger charge is 2.38. The highest BCUT2D eigenvalue weighted by atomic mass is 35.5. The maximum absolute atomic E-state index is 13.6. The lowest BCUT2D eigenvalue weighted by Gasteiger charge is -2.12. The maximum Gasteiger partial charge on any atom is 0.438 e. The van der Waals surface area contributed by atoms with Crippen LogP contribution in [0.3, 0.4) is 0 Å². The van der Waals surface area contributed by atoms with Gasteiger partial charge in [0, 0.05) is 17.6 Å². The predicted octanol–water partition coefficient (Wildman–Crippen LogP) is 5.51. The number of aromatic nitrogens is 2. The standard InChI is InChI=1S/C18H12ClF4N3O2/c1-26-9-15(16(25-26)18(21,22)23)28-17(27)24-14-5-3-2-4-13(14)10-6-11(19)8-12(20)7-10/h2-9H,1H3,(H,24,27). The molecule has 1 amide bonds. The second-order valence-corrected chi connectivity index (χ2v) is 6.17. The fourth-order valence-electron chi connectivity index (χ4n) is 2.53. The molecule has 0 fully saturated rings. The molecular formula is C18H12ClF4N3O2. The molecule has 10 heteroatoms. The van der Waals surface area contributed by atoms with E-state index in [4.69, 9.17) is 16.3 Å². The van der Waals surface area contributed by atoms with Crippen LogP contribution in [0.25, 0.3) is 11.1 Å². The molecule has 3 aromatic rings. The molecule has 0 saturated heterocycles. The lowest BCUT2D eigenvalue weighted by molar-refractivity contribution is -0.142. The largest absolute Gasteiger partial charge is 0.438 e. The van der Waals surface area contributed by atoms with Crippen molar-refractivity contribution in [2.75, 3.05) is 5.32 Å². The van der Waals surface area contributed by atoms with Gasteiger partial charge in [0.15, 0.2) is 5.75 Å². The Labute approximate surface area is 161 Å². The fraction of sp³-hybridized carbons (Fsp3) is 0.111. The van der Waals surface area contributed by atoms with Crippen LogP contribution >= 0.6 is 11.6 Å². The smallest absolute Gasteiger partial charge is 0.406 e. The number of ether oxygens (including phenoxy) is 1. The summed E-state index contributed by atoms with van der Waals surface area (Å²) in [5.74, 6) is -1.32. The van der Waals surface area contributed by atoms with Crippen molar-refractivity contribution in [2.45, 2.75) is 6.18 Å². The molecule has 1 aromatic heterocycles. The number of hydrogen-bond acceptors (Lipinski definition) is 3. The zero-order valence-corrected chi connectivity index (χ0v) is 15.0. The van der Waals surface area contributed by atoms with Gasteiger partial charge in [0.1, 0.15) is 5.82 Å². The monoisotopic (exact) mass is 413 g/mol. The van der Waals surface area contributed by atoms with Crippen LogP contribution in [0.4, 0.5) is 28.0 Å². The molecule has 0 radical (unpaired) electrons. The van der Waals surface area contributed by atoms with Crippen LogP contribution in [0.15, 0.2) is 48.7 Å². The number of nitrogens with zero attached hydrogens (tertiary/aromatic N) is 2. The summed E-state index contributed by atoms with van der Waals surface area (Å²) in [5.41, 5.74) is -0.344. The number of anilines is 1. The summed E-state index contributed by atoms with van der Waals surface area (Å²) < 4.78 is 58.2. The molecule has 2 aromatic carbocycles. The van der Waals surface area contributed by atoms with Gasteiger partial charge < -0.3 is 4.74 Å². The highest BCUT2D eigenvalue weighted by Crippen LogP contribution is 2.35. The minimum Gasteiger partial charge on any atom is -0.406 e. The Morgan fingerprint density at radius 1 is 1.21 bits per heavy atom. The summed E-state index contributed by atoms with van der Waals surface area (Å²) >= 11 is 5.86. The van der Waals surface area contributed by atoms with Crippen LogP contribution in [0.1, 0.15) is 5.69 Å². The Bertz CT molecular complexity index is 1010. The van der Waals surface area contributed by atoms with Crippen molar-refractivity contribution >= 4 is 23.4 Å². The molecule has 0 aliphatic carbocycles. The van der Waals surface area contributed by atoms with Gasteiger partial charge in [-0.1, -0.05) is 29.8 Å². The number of amides is 1. The predicted molar refractivity (Wildman–Crippen MR) is 94.7 cm³/mol. The van der Waals surface area contributed by atoms with Gasteiger partial charge in [-0.05, 0) is 29.8 Å². The van der Waals surface area contributed by atoms with E-state index < -0.39 is 29.5 Å². The molecule has 3 rings (SSSR count). The van der Waals surface area contributed by atoms with E-state index in [-0.39, 0.29) is 10.7 Å². The molecular weight excluding hydrogens is 402 g/mol. The second-order valence-electron chi connectivity index (χ2n) is 5.73. The normalized spacial score (nSPS) is 11.4. The molecule has 0 spiro atoms. The fourth-order valence-corrected chi connectivity index (χ4v) is 2.75. The number of halogens is 5. The van der Waals surface area contributed by atoms with Crippen LogP contribution in [0.2, 0.25) is 5.02 Å². The number of para-hydroxylation sites is 1. The molecule has 28 heavy (non-hydrogen) atoms. The molecule has 1 heterocycles. The molecule has 0 aliphatic heterocycles. The number of aryl methyl sites for hydroxylation is 1. The number of benzene rings is 2. The minimum atomic E-state index is -4.78. The van der Waals surface area contributed by atoms with Crippen molar-refractivity contribution in [1.82, 2.24) is 9.78 Å². The van der Waals surface area contributed by atoms with Crippen molar-refractivity contribution < 1.29 is 27.1 Å². The van der Waals surface area contributed by atoms with Crippen LogP contribution in [-0.2, 0) is 13.2 Å². The van der Waals surface area contributed by atoms with Gasteiger partial charge in [0.05, 0.1) is 11.9 Å². The summed E-state index contributed by atoms with van der Waals surface area (Å²) in [6, 6.07) is 10.1. The first-order chi connectivity index (χ1) is 13.1. The van der Waals surface area contributed by atoms with E-state index in [9.17, 15) is 22.4 Å². The zero-order chi connectivity index (χ0) is 20.5. The van der Waals surface area contributed by atoms with E-state index in [1.54, 1.807) is 18.2 Å². The Morgan fingerprint density at radius 2 is 1.93 bits per heavy atom. The zero-order valence-electron chi connectivity index (χ0n) is 14.2. The number of rotatable bonds is 3. The van der Waals surface area contributed by atoms with E-state index in [0.717, 1.165) is 16.9 Å². The number of carbonyl (C=O) groups is 1. The van der Waals surface area contributed by atoms with Gasteiger partial charge in [-0.15, -0.1) is 0 Å². The van der Waals surface area contributed by atoms with Gasteiger partial charge >= 0.3 is 12.3 Å². The van der Waals surface area contributed by atoms with Gasteiger partial charge in [-0.2, -0.15) is 18.3 Å². The average molecular weight is 414 g/mol. The third kappa shape index (κ3) is 4.42. The summed E-state index contributed by atoms with van der Waals surface area (Å²) in [5, 5.41) is 5.76. The molecule has 0 aliphatic rings. The van der Waals surface area contributed by atoms with Gasteiger partial charge in [0.25, 0.3) is 0 Å². The first-order valence-corrected chi connectivity index (χ1v) is 8.16. The summed E-state index contributed by atoms with van der Waals surface area (Å²) in [6.45, 7) is 0. The lowest BCUT2D eigenvalue weighted by Crippen LogP contribution is -2.19. The van der Waals surface area contributed by atoms with E-state index in [1.165, 1.54) is 25.2 Å². The lowest BCUT2D eigenvalue weighted by atomic mass is 10.0. The van der Waals surface area contributed by atoms with Crippen LogP contribution in [-0.4, -0.2) is 15.9 Å². The Hall–Kier alpha value is -3.07. The van der Waals surface area contributed by atoms with Crippen LogP contribution in [0, 0.1) is 5.82 Å². The van der Waals surface area contributed by atoms with Crippen molar-refractivity contribution in [3.05, 3.63) is 65.2 Å². The molecule has 146 valence electrons.